The number of halogens is 1. The van der Waals surface area contributed by atoms with Crippen molar-refractivity contribution in [1.29, 1.82) is 0 Å². The van der Waals surface area contributed by atoms with E-state index in [1.807, 2.05) is 48.9 Å². The predicted octanol–water partition coefficient (Wildman–Crippen LogP) is 4.35. The first-order valence-electron chi connectivity index (χ1n) is 5.90. The van der Waals surface area contributed by atoms with Crippen LogP contribution in [0.5, 0.6) is 0 Å². The van der Waals surface area contributed by atoms with Gasteiger partial charge in [-0.05, 0) is 55.4 Å². The number of benzene rings is 1. The van der Waals surface area contributed by atoms with Gasteiger partial charge in [-0.15, -0.1) is 0 Å². The highest BCUT2D eigenvalue weighted by molar-refractivity contribution is 7.71. The van der Waals surface area contributed by atoms with E-state index in [2.05, 4.69) is 9.97 Å². The number of hydrogen-bond donors (Lipinski definition) is 1. The smallest absolute Gasteiger partial charge is 0.183 e. The van der Waals surface area contributed by atoms with Gasteiger partial charge in [-0.25, -0.2) is 4.98 Å². The zero-order valence-corrected chi connectivity index (χ0v) is 12.1. The maximum Gasteiger partial charge on any atom is 0.183 e. The number of aryl methyl sites for hydroxylation is 2. The lowest BCUT2D eigenvalue weighted by Crippen LogP contribution is -1.96. The van der Waals surface area contributed by atoms with E-state index in [-0.39, 0.29) is 0 Å². The molecule has 0 fully saturated rings. The van der Waals surface area contributed by atoms with E-state index in [1.165, 1.54) is 0 Å². The van der Waals surface area contributed by atoms with Gasteiger partial charge in [-0.1, -0.05) is 17.7 Å². The van der Waals surface area contributed by atoms with E-state index in [1.54, 1.807) is 0 Å². The highest BCUT2D eigenvalue weighted by Gasteiger charge is 2.09. The Morgan fingerprint density at radius 3 is 2.79 bits per heavy atom. The van der Waals surface area contributed by atoms with Gasteiger partial charge in [0.1, 0.15) is 0 Å². The summed E-state index contributed by atoms with van der Waals surface area (Å²) in [5.41, 5.74) is 4.80. The molecule has 0 saturated carbocycles. The SMILES string of the molecule is Cc1cnc2c(c1)[nH]c(=S)n2-c1ccc(C)c(Cl)c1. The summed E-state index contributed by atoms with van der Waals surface area (Å²) in [5, 5.41) is 0.723. The van der Waals surface area contributed by atoms with Crippen molar-refractivity contribution in [2.45, 2.75) is 13.8 Å². The number of nitrogens with zero attached hydrogens (tertiary/aromatic N) is 2. The van der Waals surface area contributed by atoms with Crippen molar-refractivity contribution in [3.8, 4) is 5.69 Å². The fourth-order valence-electron chi connectivity index (χ4n) is 2.06. The number of imidazole rings is 1. The average molecular weight is 290 g/mol. The number of aromatic amines is 1. The Hall–Kier alpha value is -1.65. The zero-order chi connectivity index (χ0) is 13.6. The molecule has 1 N–H and O–H groups in total. The molecule has 0 amide bonds. The molecular formula is C14H12ClN3S. The molecule has 0 aliphatic heterocycles. The molecule has 0 aliphatic rings. The lowest BCUT2D eigenvalue weighted by molar-refractivity contribution is 1.04. The van der Waals surface area contributed by atoms with Crippen LogP contribution in [-0.4, -0.2) is 14.5 Å². The van der Waals surface area contributed by atoms with Gasteiger partial charge in [-0.2, -0.15) is 0 Å². The maximum atomic E-state index is 6.18. The second kappa shape index (κ2) is 4.47. The minimum atomic E-state index is 0.619. The quantitative estimate of drug-likeness (QED) is 0.676. The standard InChI is InChI=1S/C14H12ClN3S/c1-8-5-12-13(16-7-8)18(14(19)17-12)10-4-3-9(2)11(15)6-10/h3-7H,1-2H3,(H,17,19). The molecule has 3 nitrogen and oxygen atoms in total. The van der Waals surface area contributed by atoms with Crippen molar-refractivity contribution in [3.05, 3.63) is 51.4 Å². The van der Waals surface area contributed by atoms with Gasteiger partial charge in [0.2, 0.25) is 0 Å². The number of rotatable bonds is 1. The second-order valence-electron chi connectivity index (χ2n) is 4.58. The van der Waals surface area contributed by atoms with Crippen molar-refractivity contribution in [1.82, 2.24) is 14.5 Å². The summed E-state index contributed by atoms with van der Waals surface area (Å²) in [6.07, 6.45) is 1.83. The number of nitrogens with one attached hydrogen (secondary N) is 1. The van der Waals surface area contributed by atoms with E-state index >= 15 is 0 Å². The Kier molecular flexibility index (Phi) is 2.92. The Balaban J connectivity index is 2.32. The van der Waals surface area contributed by atoms with Crippen LogP contribution in [-0.2, 0) is 0 Å². The van der Waals surface area contributed by atoms with Crippen molar-refractivity contribution >= 4 is 35.0 Å². The molecule has 0 saturated heterocycles. The molecule has 2 aromatic heterocycles. The predicted molar refractivity (Wildman–Crippen MR) is 80.7 cm³/mol. The number of hydrogen-bond acceptors (Lipinski definition) is 2. The molecule has 0 atom stereocenters. The first-order chi connectivity index (χ1) is 9.06. The molecule has 5 heteroatoms. The van der Waals surface area contributed by atoms with Gasteiger partial charge in [-0.3, -0.25) is 4.57 Å². The molecule has 3 aromatic rings. The molecule has 3 rings (SSSR count). The Labute approximate surface area is 120 Å². The summed E-state index contributed by atoms with van der Waals surface area (Å²) in [5.74, 6) is 0. The average Bonchev–Trinajstić information content (AvgIpc) is 2.68. The minimum Gasteiger partial charge on any atom is -0.329 e. The van der Waals surface area contributed by atoms with Crippen LogP contribution in [0.25, 0.3) is 16.9 Å². The fourth-order valence-corrected chi connectivity index (χ4v) is 2.54. The third-order valence-corrected chi connectivity index (χ3v) is 3.77. The summed E-state index contributed by atoms with van der Waals surface area (Å²) in [6.45, 7) is 3.98. The number of pyridine rings is 1. The highest BCUT2D eigenvalue weighted by atomic mass is 35.5. The topological polar surface area (TPSA) is 33.6 Å². The molecule has 0 aliphatic carbocycles. The molecule has 0 bridgehead atoms. The summed E-state index contributed by atoms with van der Waals surface area (Å²) >= 11 is 11.6. The lowest BCUT2D eigenvalue weighted by atomic mass is 10.2. The lowest BCUT2D eigenvalue weighted by Gasteiger charge is -2.06. The molecule has 19 heavy (non-hydrogen) atoms. The number of fused-ring (bicyclic) bond motifs is 1. The van der Waals surface area contributed by atoms with E-state index in [0.717, 1.165) is 33.0 Å². The summed E-state index contributed by atoms with van der Waals surface area (Å²) in [7, 11) is 0. The zero-order valence-electron chi connectivity index (χ0n) is 10.6. The van der Waals surface area contributed by atoms with Crippen LogP contribution < -0.4 is 0 Å². The highest BCUT2D eigenvalue weighted by Crippen LogP contribution is 2.23. The Morgan fingerprint density at radius 1 is 1.26 bits per heavy atom. The molecular weight excluding hydrogens is 278 g/mol. The summed E-state index contributed by atoms with van der Waals surface area (Å²) < 4.78 is 2.52. The minimum absolute atomic E-state index is 0.619. The van der Waals surface area contributed by atoms with E-state index in [9.17, 15) is 0 Å². The van der Waals surface area contributed by atoms with Gasteiger partial charge in [0.25, 0.3) is 0 Å². The van der Waals surface area contributed by atoms with E-state index in [4.69, 9.17) is 23.8 Å². The van der Waals surface area contributed by atoms with Crippen LogP contribution in [0.1, 0.15) is 11.1 Å². The molecule has 0 radical (unpaired) electrons. The van der Waals surface area contributed by atoms with Crippen LogP contribution in [0.3, 0.4) is 0 Å². The third-order valence-electron chi connectivity index (χ3n) is 3.07. The monoisotopic (exact) mass is 289 g/mol. The molecule has 1 aromatic carbocycles. The first-order valence-corrected chi connectivity index (χ1v) is 6.69. The van der Waals surface area contributed by atoms with E-state index < -0.39 is 0 Å². The number of aromatic nitrogens is 3. The second-order valence-corrected chi connectivity index (χ2v) is 5.38. The van der Waals surface area contributed by atoms with Gasteiger partial charge in [0.05, 0.1) is 11.2 Å². The normalized spacial score (nSPS) is 11.1. The van der Waals surface area contributed by atoms with Gasteiger partial charge < -0.3 is 4.98 Å². The summed E-state index contributed by atoms with van der Waals surface area (Å²) in [4.78, 5) is 7.62. The number of H-pyrrole nitrogens is 1. The van der Waals surface area contributed by atoms with Crippen LogP contribution in [0.4, 0.5) is 0 Å². The van der Waals surface area contributed by atoms with Crippen LogP contribution in [0, 0.1) is 18.6 Å². The molecule has 0 unspecified atom stereocenters. The Bertz CT molecular complexity index is 832. The van der Waals surface area contributed by atoms with Crippen molar-refractivity contribution in [3.63, 3.8) is 0 Å². The van der Waals surface area contributed by atoms with Gasteiger partial charge >= 0.3 is 0 Å². The summed E-state index contributed by atoms with van der Waals surface area (Å²) in [6, 6.07) is 7.91. The first kappa shape index (κ1) is 12.4. The fraction of sp³-hybridized carbons (Fsp3) is 0.143. The van der Waals surface area contributed by atoms with Crippen LogP contribution in [0.15, 0.2) is 30.5 Å². The van der Waals surface area contributed by atoms with Crippen LogP contribution in [0.2, 0.25) is 5.02 Å². The van der Waals surface area contributed by atoms with Gasteiger partial charge in [0.15, 0.2) is 10.4 Å². The third kappa shape index (κ3) is 2.07. The van der Waals surface area contributed by atoms with Gasteiger partial charge in [0, 0.05) is 11.2 Å². The van der Waals surface area contributed by atoms with Crippen LogP contribution >= 0.6 is 23.8 Å². The molecule has 96 valence electrons. The van der Waals surface area contributed by atoms with Crippen molar-refractivity contribution < 1.29 is 0 Å². The Morgan fingerprint density at radius 2 is 2.05 bits per heavy atom. The molecule has 2 heterocycles. The molecule has 0 spiro atoms. The van der Waals surface area contributed by atoms with E-state index in [0.29, 0.717) is 4.77 Å². The maximum absolute atomic E-state index is 6.18. The van der Waals surface area contributed by atoms with Crippen molar-refractivity contribution in [2.24, 2.45) is 0 Å². The largest absolute Gasteiger partial charge is 0.329 e. The van der Waals surface area contributed by atoms with Crippen molar-refractivity contribution in [2.75, 3.05) is 0 Å².